The Morgan fingerprint density at radius 2 is 1.60 bits per heavy atom. The second-order valence-electron chi connectivity index (χ2n) is 10.5. The Morgan fingerprint density at radius 1 is 0.884 bits per heavy atom. The number of hydrogen-bond acceptors (Lipinski definition) is 9. The lowest BCUT2D eigenvalue weighted by atomic mass is 9.91. The number of hydrogen-bond donors (Lipinski definition) is 3. The van der Waals surface area contributed by atoms with Crippen molar-refractivity contribution in [2.45, 2.75) is 43.7 Å². The Morgan fingerprint density at radius 3 is 2.33 bits per heavy atom. The van der Waals surface area contributed by atoms with Gasteiger partial charge in [0.15, 0.2) is 6.29 Å². The van der Waals surface area contributed by atoms with Gasteiger partial charge in [-0.1, -0.05) is 91.5 Å². The van der Waals surface area contributed by atoms with E-state index in [0.717, 1.165) is 39.1 Å². The molecular weight excluding hydrogens is 562 g/mol. The minimum absolute atomic E-state index is 0.0115. The highest BCUT2D eigenvalue weighted by Crippen LogP contribution is 2.43. The average molecular weight is 596 g/mol. The molecule has 4 atom stereocenters. The van der Waals surface area contributed by atoms with E-state index in [4.69, 9.17) is 15.2 Å². The van der Waals surface area contributed by atoms with Crippen molar-refractivity contribution in [1.29, 1.82) is 0 Å². The Bertz CT molecular complexity index is 1640. The molecule has 220 valence electrons. The molecule has 10 heteroatoms. The smallest absolute Gasteiger partial charge is 0.214 e. The molecule has 2 heterocycles. The van der Waals surface area contributed by atoms with E-state index in [1.165, 1.54) is 11.8 Å². The van der Waals surface area contributed by atoms with Gasteiger partial charge in [-0.3, -0.25) is 0 Å². The molecule has 1 aliphatic heterocycles. The van der Waals surface area contributed by atoms with Gasteiger partial charge in [-0.05, 0) is 62.5 Å². The van der Waals surface area contributed by atoms with Gasteiger partial charge < -0.3 is 25.4 Å². The van der Waals surface area contributed by atoms with Crippen LogP contribution in [0.1, 0.15) is 41.6 Å². The molecule has 6 rings (SSSR count). The molecule has 1 saturated heterocycles. The largest absolute Gasteiger partial charge is 0.508 e. The summed E-state index contributed by atoms with van der Waals surface area (Å²) in [5, 5.41) is 32.1. The van der Waals surface area contributed by atoms with Crippen LogP contribution in [-0.2, 0) is 22.6 Å². The van der Waals surface area contributed by atoms with Crippen LogP contribution in [0.4, 0.5) is 0 Å². The molecule has 5 aromatic rings. The van der Waals surface area contributed by atoms with Crippen molar-refractivity contribution >= 4 is 11.8 Å². The molecule has 0 amide bonds. The van der Waals surface area contributed by atoms with Gasteiger partial charge in [0.05, 0.1) is 24.5 Å². The highest BCUT2D eigenvalue weighted by atomic mass is 32.2. The number of aliphatic hydroxyl groups excluding tert-OH is 1. The molecular formula is C33H33N5O4S. The number of nitrogens with zero attached hydrogens (tertiary/aromatic N) is 4. The number of ether oxygens (including phenoxy) is 2. The van der Waals surface area contributed by atoms with Crippen LogP contribution in [0.2, 0.25) is 0 Å². The highest BCUT2D eigenvalue weighted by Gasteiger charge is 2.38. The number of nitrogens with two attached hydrogens (primary N) is 1. The number of aliphatic hydroxyl groups is 1. The number of tetrazole rings is 1. The number of phenolic OH excluding ortho intramolecular Hbond substituents is 1. The number of thioether (sulfide) groups is 1. The lowest BCUT2D eigenvalue weighted by molar-refractivity contribution is -0.268. The Balaban J connectivity index is 1.26. The van der Waals surface area contributed by atoms with Gasteiger partial charge in [-0.25, -0.2) is 0 Å². The SMILES string of the molecule is CC1C(CSc2nnnn2-c2ccc(O)cc2)OC(c2ccc(-c3ccccc3CN)cc2)OC1c1ccc(CO)cc1. The van der Waals surface area contributed by atoms with Crippen LogP contribution in [0, 0.1) is 5.92 Å². The molecule has 0 bridgehead atoms. The predicted molar refractivity (Wildman–Crippen MR) is 164 cm³/mol. The molecule has 1 aliphatic rings. The standard InChI is InChI=1S/C33H33N5O4S/c1-21-30(20-43-33-35-36-37-38(33)27-14-16-28(40)17-15-27)41-32(42-31(21)24-8-6-22(19-39)7-9-24)25-12-10-23(11-13-25)29-5-3-2-4-26(29)18-34/h2-17,21,30-32,39-40H,18-20,34H2,1H3. The Hall–Kier alpha value is -4.06. The van der Waals surface area contributed by atoms with E-state index in [1.807, 2.05) is 54.6 Å². The number of benzene rings is 4. The lowest BCUT2D eigenvalue weighted by Gasteiger charge is -2.41. The third kappa shape index (κ3) is 6.34. The van der Waals surface area contributed by atoms with E-state index in [1.54, 1.807) is 28.9 Å². The van der Waals surface area contributed by atoms with Crippen molar-refractivity contribution in [3.05, 3.63) is 119 Å². The summed E-state index contributed by atoms with van der Waals surface area (Å²) in [6.45, 7) is 2.58. The fourth-order valence-electron chi connectivity index (χ4n) is 5.29. The van der Waals surface area contributed by atoms with Crippen LogP contribution in [-0.4, -0.2) is 42.3 Å². The summed E-state index contributed by atoms with van der Waals surface area (Å²) in [7, 11) is 0. The maximum absolute atomic E-state index is 9.68. The molecule has 0 radical (unpaired) electrons. The van der Waals surface area contributed by atoms with Gasteiger partial charge in [-0.2, -0.15) is 4.68 Å². The average Bonchev–Trinajstić information content (AvgIpc) is 3.53. The van der Waals surface area contributed by atoms with E-state index in [-0.39, 0.29) is 30.5 Å². The quantitative estimate of drug-likeness (QED) is 0.187. The molecule has 1 fully saturated rings. The normalized spacial score (nSPS) is 20.3. The lowest BCUT2D eigenvalue weighted by Crippen LogP contribution is -2.38. The zero-order valence-electron chi connectivity index (χ0n) is 23.7. The minimum Gasteiger partial charge on any atom is -0.508 e. The second kappa shape index (κ2) is 13.1. The summed E-state index contributed by atoms with van der Waals surface area (Å²) in [6.07, 6.45) is -1.01. The third-order valence-corrected chi connectivity index (χ3v) is 8.77. The number of rotatable bonds is 9. The first-order valence-electron chi connectivity index (χ1n) is 14.1. The van der Waals surface area contributed by atoms with Gasteiger partial charge in [0.2, 0.25) is 5.16 Å². The van der Waals surface area contributed by atoms with Crippen LogP contribution in [0.15, 0.2) is 102 Å². The first-order chi connectivity index (χ1) is 21.0. The van der Waals surface area contributed by atoms with Crippen LogP contribution in [0.25, 0.3) is 16.8 Å². The number of aromatic nitrogens is 4. The van der Waals surface area contributed by atoms with Crippen LogP contribution < -0.4 is 5.73 Å². The van der Waals surface area contributed by atoms with Crippen molar-refractivity contribution in [1.82, 2.24) is 20.2 Å². The van der Waals surface area contributed by atoms with Gasteiger partial charge in [0.1, 0.15) is 5.75 Å². The zero-order chi connectivity index (χ0) is 29.8. The monoisotopic (exact) mass is 595 g/mol. The molecule has 4 aromatic carbocycles. The minimum atomic E-state index is -0.587. The van der Waals surface area contributed by atoms with Crippen molar-refractivity contribution in [2.24, 2.45) is 11.7 Å². The van der Waals surface area contributed by atoms with Crippen molar-refractivity contribution < 1.29 is 19.7 Å². The second-order valence-corrected chi connectivity index (χ2v) is 11.5. The molecule has 0 aliphatic carbocycles. The predicted octanol–water partition coefficient (Wildman–Crippen LogP) is 5.57. The fourth-order valence-corrected chi connectivity index (χ4v) is 6.34. The van der Waals surface area contributed by atoms with Crippen LogP contribution >= 0.6 is 11.8 Å². The molecule has 4 unspecified atom stereocenters. The van der Waals surface area contributed by atoms with E-state index in [9.17, 15) is 10.2 Å². The maximum atomic E-state index is 9.68. The van der Waals surface area contributed by atoms with Crippen molar-refractivity contribution in [3.63, 3.8) is 0 Å². The van der Waals surface area contributed by atoms with E-state index < -0.39 is 6.29 Å². The molecule has 4 N–H and O–H groups in total. The summed E-state index contributed by atoms with van der Waals surface area (Å²) in [5.74, 6) is 0.778. The van der Waals surface area contributed by atoms with Crippen molar-refractivity contribution in [3.8, 4) is 22.6 Å². The van der Waals surface area contributed by atoms with Gasteiger partial charge >= 0.3 is 0 Å². The third-order valence-electron chi connectivity index (χ3n) is 7.77. The summed E-state index contributed by atoms with van der Waals surface area (Å²) >= 11 is 1.51. The Kier molecular flexibility index (Phi) is 8.82. The fraction of sp³-hybridized carbons (Fsp3) is 0.242. The molecule has 9 nitrogen and oxygen atoms in total. The topological polar surface area (TPSA) is 129 Å². The maximum Gasteiger partial charge on any atom is 0.214 e. The van der Waals surface area contributed by atoms with Crippen LogP contribution in [0.5, 0.6) is 5.75 Å². The molecule has 0 saturated carbocycles. The van der Waals surface area contributed by atoms with E-state index in [0.29, 0.717) is 17.5 Å². The molecule has 43 heavy (non-hydrogen) atoms. The summed E-state index contributed by atoms with van der Waals surface area (Å²) in [5.41, 5.74) is 12.8. The van der Waals surface area contributed by atoms with Gasteiger partial charge in [0.25, 0.3) is 0 Å². The Labute approximate surface area is 254 Å². The first kappa shape index (κ1) is 29.0. The number of aromatic hydroxyl groups is 1. The van der Waals surface area contributed by atoms with Gasteiger partial charge in [0, 0.05) is 23.8 Å². The van der Waals surface area contributed by atoms with Crippen LogP contribution in [0.3, 0.4) is 0 Å². The van der Waals surface area contributed by atoms with E-state index in [2.05, 4.69) is 40.6 Å². The summed E-state index contributed by atoms with van der Waals surface area (Å²) < 4.78 is 14.9. The van der Waals surface area contributed by atoms with E-state index >= 15 is 0 Å². The summed E-state index contributed by atoms with van der Waals surface area (Å²) in [6, 6.07) is 31.0. The molecule has 1 aromatic heterocycles. The van der Waals surface area contributed by atoms with Gasteiger partial charge in [-0.15, -0.1) is 5.10 Å². The molecule has 0 spiro atoms. The number of phenols is 1. The first-order valence-corrected chi connectivity index (χ1v) is 15.1. The summed E-state index contributed by atoms with van der Waals surface area (Å²) in [4.78, 5) is 0. The highest BCUT2D eigenvalue weighted by molar-refractivity contribution is 7.99. The zero-order valence-corrected chi connectivity index (χ0v) is 24.5. The van der Waals surface area contributed by atoms with Crippen molar-refractivity contribution in [2.75, 3.05) is 5.75 Å².